The standard InChI is InChI=1S/C21H26FN3O3S.2C2H2O4/c1-3-24-9-11-25(12-10-24)13-18(26)23-20-19(21(27)28-4-2)17(14-29-20)15-5-7-16(22)8-6-15;2*3-1(4)2(5)6/h5-8,14H,3-4,9-13H2,1-2H3,(H,23,26);2*(H,3,4)(H,5,6). The van der Waals surface area contributed by atoms with Crippen LogP contribution < -0.4 is 5.32 Å². The number of esters is 1. The highest BCUT2D eigenvalue weighted by Crippen LogP contribution is 2.36. The average Bonchev–Trinajstić information content (AvgIpc) is 3.33. The van der Waals surface area contributed by atoms with Gasteiger partial charge in [-0.05, 0) is 31.2 Å². The van der Waals surface area contributed by atoms with Crippen molar-refractivity contribution in [2.45, 2.75) is 13.8 Å². The van der Waals surface area contributed by atoms with Crippen molar-refractivity contribution in [3.05, 3.63) is 41.0 Å². The van der Waals surface area contributed by atoms with Gasteiger partial charge in [-0.2, -0.15) is 0 Å². The predicted octanol–water partition coefficient (Wildman–Crippen LogP) is 1.62. The Morgan fingerprint density at radius 1 is 0.854 bits per heavy atom. The molecule has 0 aliphatic carbocycles. The minimum atomic E-state index is -1.82. The molecule has 5 N–H and O–H groups in total. The van der Waals surface area contributed by atoms with Crippen LogP contribution in [0.25, 0.3) is 11.1 Å². The molecule has 3 rings (SSSR count). The molecule has 1 saturated heterocycles. The SMILES string of the molecule is CCOC(=O)c1c(-c2ccc(F)cc2)csc1NC(=O)CN1CCN(CC)CC1.O=C(O)C(=O)O.O=C(O)C(=O)O. The Morgan fingerprint density at radius 3 is 1.78 bits per heavy atom. The Balaban J connectivity index is 0.000000588. The number of carbonyl (C=O) groups excluding carboxylic acids is 2. The summed E-state index contributed by atoms with van der Waals surface area (Å²) in [6.45, 7) is 8.98. The Labute approximate surface area is 237 Å². The van der Waals surface area contributed by atoms with Gasteiger partial charge in [0.15, 0.2) is 0 Å². The molecule has 0 radical (unpaired) electrons. The maximum atomic E-state index is 13.3. The second-order valence-electron chi connectivity index (χ2n) is 8.06. The van der Waals surface area contributed by atoms with Crippen LogP contribution in [0.5, 0.6) is 0 Å². The van der Waals surface area contributed by atoms with Gasteiger partial charge in [0.05, 0.1) is 13.2 Å². The number of amides is 1. The van der Waals surface area contributed by atoms with Crippen LogP contribution in [0.2, 0.25) is 0 Å². The smallest absolute Gasteiger partial charge is 0.414 e. The molecule has 0 spiro atoms. The summed E-state index contributed by atoms with van der Waals surface area (Å²) in [4.78, 5) is 66.0. The molecule has 0 saturated carbocycles. The van der Waals surface area contributed by atoms with Gasteiger partial charge < -0.3 is 35.4 Å². The van der Waals surface area contributed by atoms with Gasteiger partial charge in [0.1, 0.15) is 16.4 Å². The van der Waals surface area contributed by atoms with E-state index in [0.717, 1.165) is 32.7 Å². The van der Waals surface area contributed by atoms with Crippen molar-refractivity contribution in [2.24, 2.45) is 0 Å². The second-order valence-corrected chi connectivity index (χ2v) is 8.94. The first kappa shape index (κ1) is 34.6. The zero-order valence-electron chi connectivity index (χ0n) is 22.2. The normalized spacial score (nSPS) is 13.0. The molecular formula is C25H30FN3O11S. The number of nitrogens with zero attached hydrogens (tertiary/aromatic N) is 2. The number of anilines is 1. The summed E-state index contributed by atoms with van der Waals surface area (Å²) >= 11 is 1.27. The van der Waals surface area contributed by atoms with Gasteiger partial charge in [0, 0.05) is 37.1 Å². The summed E-state index contributed by atoms with van der Waals surface area (Å²) in [5.74, 6) is -8.30. The molecule has 0 atom stereocenters. The van der Waals surface area contributed by atoms with Crippen LogP contribution in [0.4, 0.5) is 9.39 Å². The molecule has 14 nitrogen and oxygen atoms in total. The largest absolute Gasteiger partial charge is 0.473 e. The van der Waals surface area contributed by atoms with E-state index in [4.69, 9.17) is 44.3 Å². The number of aliphatic carboxylic acids is 4. The molecule has 2 heterocycles. The molecule has 0 unspecified atom stereocenters. The molecule has 0 bridgehead atoms. The van der Waals surface area contributed by atoms with Gasteiger partial charge in [-0.25, -0.2) is 28.4 Å². The molecule has 1 aliphatic rings. The van der Waals surface area contributed by atoms with E-state index >= 15 is 0 Å². The number of carbonyl (C=O) groups is 6. The lowest BCUT2D eigenvalue weighted by Crippen LogP contribution is -2.48. The Morgan fingerprint density at radius 2 is 1.34 bits per heavy atom. The third kappa shape index (κ3) is 12.1. The first-order valence-corrected chi connectivity index (χ1v) is 12.9. The van der Waals surface area contributed by atoms with Crippen LogP contribution in [0, 0.1) is 5.82 Å². The van der Waals surface area contributed by atoms with Crippen molar-refractivity contribution >= 4 is 52.1 Å². The summed E-state index contributed by atoms with van der Waals surface area (Å²) in [7, 11) is 0. The number of hydrogen-bond donors (Lipinski definition) is 5. The first-order chi connectivity index (χ1) is 19.3. The van der Waals surface area contributed by atoms with Crippen molar-refractivity contribution in [3.8, 4) is 11.1 Å². The van der Waals surface area contributed by atoms with Crippen LogP contribution in [-0.2, 0) is 28.7 Å². The number of carboxylic acids is 4. The topological polar surface area (TPSA) is 211 Å². The lowest BCUT2D eigenvalue weighted by molar-refractivity contribution is -0.159. The summed E-state index contributed by atoms with van der Waals surface area (Å²) in [6, 6.07) is 5.91. The van der Waals surface area contributed by atoms with Crippen molar-refractivity contribution in [2.75, 3.05) is 51.2 Å². The van der Waals surface area contributed by atoms with Crippen molar-refractivity contribution in [1.82, 2.24) is 9.80 Å². The number of ether oxygens (including phenoxy) is 1. The number of benzene rings is 1. The summed E-state index contributed by atoms with van der Waals surface area (Å²) in [5, 5.41) is 34.7. The number of piperazine rings is 1. The lowest BCUT2D eigenvalue weighted by atomic mass is 10.0. The maximum absolute atomic E-state index is 13.3. The summed E-state index contributed by atoms with van der Waals surface area (Å²) < 4.78 is 18.5. The Kier molecular flexibility index (Phi) is 14.6. The molecule has 2 aromatic rings. The Bertz CT molecular complexity index is 1180. The van der Waals surface area contributed by atoms with Gasteiger partial charge in [-0.15, -0.1) is 11.3 Å². The van der Waals surface area contributed by atoms with E-state index in [1.165, 1.54) is 23.5 Å². The van der Waals surface area contributed by atoms with Gasteiger partial charge >= 0.3 is 29.8 Å². The van der Waals surface area contributed by atoms with E-state index in [1.807, 2.05) is 0 Å². The quantitative estimate of drug-likeness (QED) is 0.226. The molecule has 41 heavy (non-hydrogen) atoms. The van der Waals surface area contributed by atoms with E-state index in [1.54, 1.807) is 24.4 Å². The van der Waals surface area contributed by atoms with Crippen LogP contribution >= 0.6 is 11.3 Å². The molecule has 1 aliphatic heterocycles. The zero-order chi connectivity index (χ0) is 31.1. The minimum Gasteiger partial charge on any atom is -0.473 e. The predicted molar refractivity (Wildman–Crippen MR) is 143 cm³/mol. The third-order valence-electron chi connectivity index (χ3n) is 5.32. The Hall–Kier alpha value is -4.41. The molecule has 1 amide bonds. The number of nitrogens with one attached hydrogen (secondary N) is 1. The number of thiophene rings is 1. The summed E-state index contributed by atoms with van der Waals surface area (Å²) in [6.07, 6.45) is 0. The highest BCUT2D eigenvalue weighted by molar-refractivity contribution is 7.15. The van der Waals surface area contributed by atoms with E-state index in [9.17, 15) is 14.0 Å². The number of hydrogen-bond acceptors (Lipinski definition) is 10. The van der Waals surface area contributed by atoms with Gasteiger partial charge in [0.2, 0.25) is 5.91 Å². The fraction of sp³-hybridized carbons (Fsp3) is 0.360. The molecule has 1 aromatic carbocycles. The van der Waals surface area contributed by atoms with Gasteiger partial charge in [0.25, 0.3) is 0 Å². The van der Waals surface area contributed by atoms with Crippen molar-refractivity contribution in [1.29, 1.82) is 0 Å². The molecular weight excluding hydrogens is 569 g/mol. The van der Waals surface area contributed by atoms with Gasteiger partial charge in [-0.3, -0.25) is 9.69 Å². The van der Waals surface area contributed by atoms with Crippen molar-refractivity contribution < 1.29 is 58.3 Å². The molecule has 1 fully saturated rings. The van der Waals surface area contributed by atoms with E-state index in [0.29, 0.717) is 21.7 Å². The van der Waals surface area contributed by atoms with E-state index in [2.05, 4.69) is 22.0 Å². The minimum absolute atomic E-state index is 0.159. The summed E-state index contributed by atoms with van der Waals surface area (Å²) in [5.41, 5.74) is 1.63. The van der Waals surface area contributed by atoms with Crippen LogP contribution in [0.3, 0.4) is 0 Å². The second kappa shape index (κ2) is 17.3. The number of rotatable bonds is 7. The van der Waals surface area contributed by atoms with Crippen molar-refractivity contribution in [3.63, 3.8) is 0 Å². The highest BCUT2D eigenvalue weighted by Gasteiger charge is 2.24. The molecule has 1 aromatic heterocycles. The fourth-order valence-electron chi connectivity index (χ4n) is 3.33. The van der Waals surface area contributed by atoms with Crippen LogP contribution in [0.15, 0.2) is 29.6 Å². The number of likely N-dealkylation sites (N-methyl/N-ethyl adjacent to an activating group) is 1. The monoisotopic (exact) mass is 599 g/mol. The molecule has 16 heteroatoms. The van der Waals surface area contributed by atoms with E-state index < -0.39 is 29.8 Å². The maximum Gasteiger partial charge on any atom is 0.414 e. The van der Waals surface area contributed by atoms with Gasteiger partial charge in [-0.1, -0.05) is 19.1 Å². The van der Waals surface area contributed by atoms with Crippen LogP contribution in [0.1, 0.15) is 24.2 Å². The highest BCUT2D eigenvalue weighted by atomic mass is 32.1. The fourth-order valence-corrected chi connectivity index (χ4v) is 4.30. The average molecular weight is 600 g/mol. The third-order valence-corrected chi connectivity index (χ3v) is 6.22. The van der Waals surface area contributed by atoms with Crippen LogP contribution in [-0.4, -0.2) is 112 Å². The zero-order valence-corrected chi connectivity index (χ0v) is 23.0. The number of halogens is 1. The van der Waals surface area contributed by atoms with E-state index in [-0.39, 0.29) is 24.9 Å². The molecule has 224 valence electrons. The first-order valence-electron chi connectivity index (χ1n) is 12.0. The number of carboxylic acid groups (broad SMARTS) is 4. The lowest BCUT2D eigenvalue weighted by Gasteiger charge is -2.33.